The molecule has 1 amide bonds. The maximum Gasteiger partial charge on any atom is 0.252 e. The Balaban J connectivity index is 1.78. The van der Waals surface area contributed by atoms with Gasteiger partial charge in [0, 0.05) is 32.4 Å². The highest BCUT2D eigenvalue weighted by Crippen LogP contribution is 2.23. The number of hydrogen-bond donors (Lipinski definition) is 1. The fourth-order valence-electron chi connectivity index (χ4n) is 2.91. The summed E-state index contributed by atoms with van der Waals surface area (Å²) >= 11 is 0. The summed E-state index contributed by atoms with van der Waals surface area (Å²) in [7, 11) is -3.71. The first-order valence-electron chi connectivity index (χ1n) is 8.07. The van der Waals surface area contributed by atoms with Crippen molar-refractivity contribution < 1.29 is 17.6 Å². The van der Waals surface area contributed by atoms with Gasteiger partial charge in [0.25, 0.3) is 5.91 Å². The van der Waals surface area contributed by atoms with Crippen molar-refractivity contribution in [2.24, 2.45) is 5.73 Å². The first-order chi connectivity index (χ1) is 12.3. The van der Waals surface area contributed by atoms with Crippen LogP contribution in [-0.2, 0) is 10.0 Å². The molecule has 1 aromatic heterocycles. The number of piperazine rings is 1. The number of nitrogens with two attached hydrogens (primary N) is 1. The Bertz CT molecular complexity index is 941. The lowest BCUT2D eigenvalue weighted by atomic mass is 10.2. The summed E-state index contributed by atoms with van der Waals surface area (Å²) in [4.78, 5) is 17.7. The van der Waals surface area contributed by atoms with Gasteiger partial charge in [-0.3, -0.25) is 4.79 Å². The zero-order valence-corrected chi connectivity index (χ0v) is 15.0. The van der Waals surface area contributed by atoms with Crippen molar-refractivity contribution in [2.75, 3.05) is 31.1 Å². The fourth-order valence-corrected chi connectivity index (χ4v) is 4.42. The number of sulfonamides is 1. The van der Waals surface area contributed by atoms with Gasteiger partial charge in [-0.05, 0) is 42.8 Å². The second kappa shape index (κ2) is 7.00. The molecule has 0 bridgehead atoms. The minimum absolute atomic E-state index is 0.0699. The average Bonchev–Trinajstić information content (AvgIpc) is 2.64. The Morgan fingerprint density at radius 1 is 1.19 bits per heavy atom. The first-order valence-corrected chi connectivity index (χ1v) is 9.51. The molecule has 0 atom stereocenters. The molecule has 3 rings (SSSR count). The molecule has 138 valence electrons. The second-order valence-electron chi connectivity index (χ2n) is 6.04. The highest BCUT2D eigenvalue weighted by atomic mass is 32.2. The lowest BCUT2D eigenvalue weighted by Crippen LogP contribution is -2.49. The standard InChI is InChI=1S/C17H19FN4O3S/c1-12-11-13(4-5-15(12)18)26(24,25)22-9-7-21(8-10-22)17-14(16(19)23)3-2-6-20-17/h2-6,11H,7-10H2,1H3,(H2,19,23). The van der Waals surface area contributed by atoms with Crippen LogP contribution in [0.2, 0.25) is 0 Å². The lowest BCUT2D eigenvalue weighted by molar-refractivity contribution is 0.1000. The molecule has 1 aliphatic heterocycles. The molecule has 0 radical (unpaired) electrons. The first kappa shape index (κ1) is 18.3. The van der Waals surface area contributed by atoms with Crippen LogP contribution >= 0.6 is 0 Å². The molecule has 7 nitrogen and oxygen atoms in total. The zero-order chi connectivity index (χ0) is 18.9. The number of halogens is 1. The number of primary amides is 1. The maximum atomic E-state index is 13.4. The number of carbonyl (C=O) groups is 1. The molecule has 0 aliphatic carbocycles. The molecule has 1 aliphatic rings. The number of pyridine rings is 1. The summed E-state index contributed by atoms with van der Waals surface area (Å²) < 4.78 is 40.3. The Kier molecular flexibility index (Phi) is 4.92. The predicted octanol–water partition coefficient (Wildman–Crippen LogP) is 1.14. The van der Waals surface area contributed by atoms with Crippen LogP contribution in [0.4, 0.5) is 10.2 Å². The van der Waals surface area contributed by atoms with Crippen LogP contribution in [0.15, 0.2) is 41.4 Å². The topological polar surface area (TPSA) is 96.6 Å². The molecule has 2 aromatic rings. The van der Waals surface area contributed by atoms with Crippen molar-refractivity contribution in [2.45, 2.75) is 11.8 Å². The van der Waals surface area contributed by atoms with Crippen LogP contribution in [0.5, 0.6) is 0 Å². The van der Waals surface area contributed by atoms with E-state index in [-0.39, 0.29) is 23.5 Å². The molecule has 0 spiro atoms. The summed E-state index contributed by atoms with van der Waals surface area (Å²) in [5.74, 6) is -0.567. The number of nitrogens with zero attached hydrogens (tertiary/aromatic N) is 3. The smallest absolute Gasteiger partial charge is 0.252 e. The molecule has 1 aromatic carbocycles. The summed E-state index contributed by atoms with van der Waals surface area (Å²) in [5.41, 5.74) is 5.96. The Morgan fingerprint density at radius 3 is 2.50 bits per heavy atom. The molecule has 1 saturated heterocycles. The van der Waals surface area contributed by atoms with Gasteiger partial charge in [0.2, 0.25) is 10.0 Å². The van der Waals surface area contributed by atoms with Crippen LogP contribution in [0.3, 0.4) is 0 Å². The van der Waals surface area contributed by atoms with Crippen molar-refractivity contribution in [3.63, 3.8) is 0 Å². The number of anilines is 1. The van der Waals surface area contributed by atoms with Crippen molar-refractivity contribution in [1.29, 1.82) is 0 Å². The number of aryl methyl sites for hydroxylation is 1. The van der Waals surface area contributed by atoms with Gasteiger partial charge in [-0.15, -0.1) is 0 Å². The van der Waals surface area contributed by atoms with E-state index in [4.69, 9.17) is 5.73 Å². The van der Waals surface area contributed by atoms with Crippen molar-refractivity contribution in [3.8, 4) is 0 Å². The fraction of sp³-hybridized carbons (Fsp3) is 0.294. The van der Waals surface area contributed by atoms with Crippen molar-refractivity contribution in [3.05, 3.63) is 53.5 Å². The molecule has 2 N–H and O–H groups in total. The van der Waals surface area contributed by atoms with E-state index in [0.717, 1.165) is 6.07 Å². The normalized spacial score (nSPS) is 15.8. The van der Waals surface area contributed by atoms with Gasteiger partial charge < -0.3 is 10.6 Å². The number of rotatable bonds is 4. The quantitative estimate of drug-likeness (QED) is 0.861. The van der Waals surface area contributed by atoms with Crippen LogP contribution < -0.4 is 10.6 Å². The molecule has 2 heterocycles. The van der Waals surface area contributed by atoms with Gasteiger partial charge in [-0.1, -0.05) is 0 Å². The van der Waals surface area contributed by atoms with Gasteiger partial charge in [0.05, 0.1) is 10.5 Å². The average molecular weight is 378 g/mol. The van der Waals surface area contributed by atoms with Crippen molar-refractivity contribution in [1.82, 2.24) is 9.29 Å². The molecular formula is C17H19FN4O3S. The summed E-state index contributed by atoms with van der Waals surface area (Å²) in [6.45, 7) is 2.73. The van der Waals surface area contributed by atoms with E-state index in [1.165, 1.54) is 23.4 Å². The Morgan fingerprint density at radius 2 is 1.88 bits per heavy atom. The van der Waals surface area contributed by atoms with E-state index in [2.05, 4.69) is 4.98 Å². The number of aromatic nitrogens is 1. The predicted molar refractivity (Wildman–Crippen MR) is 94.9 cm³/mol. The van der Waals surface area contributed by atoms with E-state index in [1.54, 1.807) is 18.3 Å². The van der Waals surface area contributed by atoms with Gasteiger partial charge in [0.15, 0.2) is 0 Å². The van der Waals surface area contributed by atoms with E-state index in [1.807, 2.05) is 4.90 Å². The molecule has 1 fully saturated rings. The Hall–Kier alpha value is -2.52. The largest absolute Gasteiger partial charge is 0.365 e. The van der Waals surface area contributed by atoms with Crippen molar-refractivity contribution >= 4 is 21.7 Å². The number of benzene rings is 1. The van der Waals surface area contributed by atoms with E-state index < -0.39 is 21.7 Å². The molecule has 26 heavy (non-hydrogen) atoms. The maximum absolute atomic E-state index is 13.4. The van der Waals surface area contributed by atoms with Gasteiger partial charge in [-0.25, -0.2) is 17.8 Å². The molecule has 9 heteroatoms. The number of amides is 1. The van der Waals surface area contributed by atoms with Gasteiger partial charge in [0.1, 0.15) is 11.6 Å². The monoisotopic (exact) mass is 378 g/mol. The van der Waals surface area contributed by atoms with Crippen LogP contribution in [0.1, 0.15) is 15.9 Å². The summed E-state index contributed by atoms with van der Waals surface area (Å²) in [6, 6.07) is 6.98. The van der Waals surface area contributed by atoms with Crippen LogP contribution in [0.25, 0.3) is 0 Å². The highest BCUT2D eigenvalue weighted by molar-refractivity contribution is 7.89. The van der Waals surface area contributed by atoms with Gasteiger partial charge in [-0.2, -0.15) is 4.31 Å². The van der Waals surface area contributed by atoms with E-state index in [9.17, 15) is 17.6 Å². The van der Waals surface area contributed by atoms with Gasteiger partial charge >= 0.3 is 0 Å². The van der Waals surface area contributed by atoms with E-state index in [0.29, 0.717) is 24.5 Å². The zero-order valence-electron chi connectivity index (χ0n) is 14.2. The summed E-state index contributed by atoms with van der Waals surface area (Å²) in [6.07, 6.45) is 1.56. The second-order valence-corrected chi connectivity index (χ2v) is 7.98. The van der Waals surface area contributed by atoms with Crippen LogP contribution in [-0.4, -0.2) is 49.8 Å². The highest BCUT2D eigenvalue weighted by Gasteiger charge is 2.30. The third kappa shape index (κ3) is 3.40. The minimum atomic E-state index is -3.71. The molecule has 0 saturated carbocycles. The number of carbonyl (C=O) groups excluding carboxylic acids is 1. The SMILES string of the molecule is Cc1cc(S(=O)(=O)N2CCN(c3ncccc3C(N)=O)CC2)ccc1F. The molecular weight excluding hydrogens is 359 g/mol. The third-order valence-electron chi connectivity index (χ3n) is 4.36. The number of hydrogen-bond acceptors (Lipinski definition) is 5. The third-order valence-corrected chi connectivity index (χ3v) is 6.25. The summed E-state index contributed by atoms with van der Waals surface area (Å²) in [5, 5.41) is 0. The lowest BCUT2D eigenvalue weighted by Gasteiger charge is -2.35. The van der Waals surface area contributed by atoms with E-state index >= 15 is 0 Å². The minimum Gasteiger partial charge on any atom is -0.365 e. The Labute approximate surface area is 151 Å². The van der Waals surface area contributed by atoms with Crippen LogP contribution in [0, 0.1) is 12.7 Å². The molecule has 0 unspecified atom stereocenters.